The average molecular weight is 292 g/mol. The van der Waals surface area contributed by atoms with Crippen LogP contribution in [0.4, 0.5) is 5.69 Å². The Bertz CT molecular complexity index is 456. The van der Waals surface area contributed by atoms with Gasteiger partial charge < -0.3 is 15.4 Å². The van der Waals surface area contributed by atoms with Crippen LogP contribution in [0.1, 0.15) is 46.0 Å². The highest BCUT2D eigenvalue weighted by atomic mass is 32.1. The van der Waals surface area contributed by atoms with Gasteiger partial charge in [-0.25, -0.2) is 0 Å². The van der Waals surface area contributed by atoms with Crippen LogP contribution in [-0.2, 0) is 0 Å². The molecular formula is C16H24N2OS. The minimum absolute atomic E-state index is 0.185. The van der Waals surface area contributed by atoms with Crippen LogP contribution in [0.2, 0.25) is 0 Å². The minimum atomic E-state index is 0.185. The normalized spacial score (nSPS) is 16.7. The van der Waals surface area contributed by atoms with Gasteiger partial charge in [0, 0.05) is 5.54 Å². The molecule has 1 fully saturated rings. The van der Waals surface area contributed by atoms with E-state index in [1.807, 2.05) is 31.2 Å². The van der Waals surface area contributed by atoms with Crippen molar-refractivity contribution in [3.63, 3.8) is 0 Å². The molecule has 0 unspecified atom stereocenters. The standard InChI is InChI=1S/C16H24N2OS/c1-3-16(11-7-8-12-16)18-15(20)17-13-9-5-6-10-14(13)19-4-2/h5-6,9-10H,3-4,7-8,11-12H2,1-2H3,(H2,17,18,20). The quantitative estimate of drug-likeness (QED) is 0.801. The molecule has 0 amide bonds. The lowest BCUT2D eigenvalue weighted by atomic mass is 9.95. The van der Waals surface area contributed by atoms with Crippen molar-refractivity contribution in [1.29, 1.82) is 0 Å². The van der Waals surface area contributed by atoms with Gasteiger partial charge in [0.25, 0.3) is 0 Å². The zero-order valence-electron chi connectivity index (χ0n) is 12.4. The zero-order chi connectivity index (χ0) is 14.4. The molecule has 0 saturated heterocycles. The fraction of sp³-hybridized carbons (Fsp3) is 0.562. The van der Waals surface area contributed by atoms with E-state index in [0.29, 0.717) is 11.7 Å². The number of ether oxygens (including phenoxy) is 1. The molecule has 3 nitrogen and oxygen atoms in total. The summed E-state index contributed by atoms with van der Waals surface area (Å²) in [5, 5.41) is 7.50. The third kappa shape index (κ3) is 3.63. The number of thiocarbonyl (C=S) groups is 1. The molecule has 0 heterocycles. The first-order valence-electron chi connectivity index (χ1n) is 7.50. The third-order valence-electron chi connectivity index (χ3n) is 4.05. The summed E-state index contributed by atoms with van der Waals surface area (Å²) in [6, 6.07) is 7.90. The SMILES string of the molecule is CCOc1ccccc1NC(=S)NC1(CC)CCCC1. The lowest BCUT2D eigenvalue weighted by molar-refractivity contribution is 0.342. The van der Waals surface area contributed by atoms with E-state index in [1.54, 1.807) is 0 Å². The number of anilines is 1. The number of hydrogen-bond donors (Lipinski definition) is 2. The third-order valence-corrected chi connectivity index (χ3v) is 4.26. The Balaban J connectivity index is 2.01. The number of rotatable bonds is 5. The highest BCUT2D eigenvalue weighted by Crippen LogP contribution is 2.32. The molecular weight excluding hydrogens is 268 g/mol. The molecule has 0 aliphatic heterocycles. The first kappa shape index (κ1) is 15.1. The molecule has 2 rings (SSSR count). The van der Waals surface area contributed by atoms with Gasteiger partial charge in [-0.2, -0.15) is 0 Å². The van der Waals surface area contributed by atoms with Gasteiger partial charge in [0.1, 0.15) is 5.75 Å². The number of benzene rings is 1. The van der Waals surface area contributed by atoms with Crippen molar-refractivity contribution in [1.82, 2.24) is 5.32 Å². The first-order valence-corrected chi connectivity index (χ1v) is 7.91. The first-order chi connectivity index (χ1) is 9.69. The Morgan fingerprint density at radius 2 is 1.95 bits per heavy atom. The summed E-state index contributed by atoms with van der Waals surface area (Å²) in [5.74, 6) is 0.844. The summed E-state index contributed by atoms with van der Waals surface area (Å²) in [7, 11) is 0. The van der Waals surface area contributed by atoms with Gasteiger partial charge in [0.05, 0.1) is 12.3 Å². The van der Waals surface area contributed by atoms with Gasteiger partial charge in [0.15, 0.2) is 5.11 Å². The fourth-order valence-corrected chi connectivity index (χ4v) is 3.19. The molecule has 1 aliphatic rings. The highest BCUT2D eigenvalue weighted by molar-refractivity contribution is 7.80. The van der Waals surface area contributed by atoms with Crippen LogP contribution >= 0.6 is 12.2 Å². The Morgan fingerprint density at radius 1 is 1.25 bits per heavy atom. The Labute approximate surface area is 127 Å². The Hall–Kier alpha value is -1.29. The summed E-state index contributed by atoms with van der Waals surface area (Å²) in [6.45, 7) is 4.87. The van der Waals surface area contributed by atoms with Crippen LogP contribution in [0.15, 0.2) is 24.3 Å². The van der Waals surface area contributed by atoms with Crippen molar-refractivity contribution in [3.8, 4) is 5.75 Å². The monoisotopic (exact) mass is 292 g/mol. The molecule has 1 aromatic carbocycles. The van der Waals surface area contributed by atoms with Crippen LogP contribution in [0.5, 0.6) is 5.75 Å². The Morgan fingerprint density at radius 3 is 2.60 bits per heavy atom. The highest BCUT2D eigenvalue weighted by Gasteiger charge is 2.32. The summed E-state index contributed by atoms with van der Waals surface area (Å²) in [6.07, 6.45) is 6.11. The van der Waals surface area contributed by atoms with Crippen molar-refractivity contribution in [2.75, 3.05) is 11.9 Å². The van der Waals surface area contributed by atoms with Gasteiger partial charge in [-0.3, -0.25) is 0 Å². The maximum Gasteiger partial charge on any atom is 0.171 e. The van der Waals surface area contributed by atoms with Crippen molar-refractivity contribution < 1.29 is 4.74 Å². The van der Waals surface area contributed by atoms with Gasteiger partial charge >= 0.3 is 0 Å². The lowest BCUT2D eigenvalue weighted by Gasteiger charge is -2.30. The summed E-state index contributed by atoms with van der Waals surface area (Å²) in [5.41, 5.74) is 1.11. The summed E-state index contributed by atoms with van der Waals surface area (Å²) >= 11 is 5.48. The molecule has 0 radical (unpaired) electrons. The molecule has 1 aromatic rings. The second kappa shape index (κ2) is 6.93. The molecule has 110 valence electrons. The second-order valence-corrected chi connectivity index (χ2v) is 5.76. The molecule has 0 aromatic heterocycles. The van der Waals surface area contributed by atoms with Crippen LogP contribution in [0.3, 0.4) is 0 Å². The zero-order valence-corrected chi connectivity index (χ0v) is 13.2. The fourth-order valence-electron chi connectivity index (χ4n) is 2.86. The van der Waals surface area contributed by atoms with Gasteiger partial charge in [-0.1, -0.05) is 31.9 Å². The molecule has 4 heteroatoms. The second-order valence-electron chi connectivity index (χ2n) is 5.35. The van der Waals surface area contributed by atoms with E-state index in [9.17, 15) is 0 Å². The van der Waals surface area contributed by atoms with E-state index in [1.165, 1.54) is 25.7 Å². The lowest BCUT2D eigenvalue weighted by Crippen LogP contribution is -2.47. The summed E-state index contributed by atoms with van der Waals surface area (Å²) in [4.78, 5) is 0. The molecule has 1 saturated carbocycles. The molecule has 0 atom stereocenters. The van der Waals surface area contributed by atoms with E-state index >= 15 is 0 Å². The average Bonchev–Trinajstić information content (AvgIpc) is 2.90. The van der Waals surface area contributed by atoms with Gasteiger partial charge in [-0.05, 0) is 50.5 Å². The topological polar surface area (TPSA) is 33.3 Å². The maximum atomic E-state index is 5.61. The van der Waals surface area contributed by atoms with E-state index < -0.39 is 0 Å². The smallest absolute Gasteiger partial charge is 0.171 e. The summed E-state index contributed by atoms with van der Waals surface area (Å²) < 4.78 is 5.61. The van der Waals surface area contributed by atoms with E-state index in [-0.39, 0.29) is 5.54 Å². The van der Waals surface area contributed by atoms with E-state index in [2.05, 4.69) is 17.6 Å². The minimum Gasteiger partial charge on any atom is -0.492 e. The maximum absolute atomic E-state index is 5.61. The van der Waals surface area contributed by atoms with Crippen LogP contribution in [0.25, 0.3) is 0 Å². The van der Waals surface area contributed by atoms with Crippen LogP contribution in [0, 0.1) is 0 Å². The van der Waals surface area contributed by atoms with Crippen molar-refractivity contribution in [3.05, 3.63) is 24.3 Å². The Kier molecular flexibility index (Phi) is 5.24. The van der Waals surface area contributed by atoms with E-state index in [4.69, 9.17) is 17.0 Å². The van der Waals surface area contributed by atoms with E-state index in [0.717, 1.165) is 17.9 Å². The van der Waals surface area contributed by atoms with Gasteiger partial charge in [0.2, 0.25) is 0 Å². The van der Waals surface area contributed by atoms with Crippen LogP contribution in [-0.4, -0.2) is 17.3 Å². The van der Waals surface area contributed by atoms with Crippen LogP contribution < -0.4 is 15.4 Å². The number of para-hydroxylation sites is 2. The molecule has 0 bridgehead atoms. The van der Waals surface area contributed by atoms with Gasteiger partial charge in [-0.15, -0.1) is 0 Å². The number of hydrogen-bond acceptors (Lipinski definition) is 2. The predicted octanol–water partition coefficient (Wildman–Crippen LogP) is 4.09. The molecule has 0 spiro atoms. The molecule has 20 heavy (non-hydrogen) atoms. The largest absolute Gasteiger partial charge is 0.492 e. The number of nitrogens with one attached hydrogen (secondary N) is 2. The predicted molar refractivity (Wildman–Crippen MR) is 88.5 cm³/mol. The molecule has 1 aliphatic carbocycles. The van der Waals surface area contributed by atoms with Crippen molar-refractivity contribution in [2.45, 2.75) is 51.5 Å². The van der Waals surface area contributed by atoms with Crippen molar-refractivity contribution >= 4 is 23.0 Å². The van der Waals surface area contributed by atoms with Crippen molar-refractivity contribution in [2.24, 2.45) is 0 Å². The molecule has 2 N–H and O–H groups in total.